The molecule has 2 nitrogen and oxygen atoms in total. The minimum atomic E-state index is -3.25. The molecule has 1 rings (SSSR count). The van der Waals surface area contributed by atoms with E-state index in [0.29, 0.717) is 0 Å². The first-order chi connectivity index (χ1) is 7.43. The number of halogens is 4. The zero-order chi connectivity index (χ0) is 12.3. The van der Waals surface area contributed by atoms with Crippen LogP contribution in [-0.2, 0) is 0 Å². The number of aryl methyl sites for hydroxylation is 1. The van der Waals surface area contributed by atoms with Crippen LogP contribution in [0.5, 0.6) is 5.75 Å². The third-order valence-corrected chi connectivity index (χ3v) is 1.88. The van der Waals surface area contributed by atoms with Gasteiger partial charge in [0.2, 0.25) is 5.78 Å². The summed E-state index contributed by atoms with van der Waals surface area (Å²) in [4.78, 5) is 11.0. The van der Waals surface area contributed by atoms with Gasteiger partial charge in [-0.3, -0.25) is 4.79 Å². The molecule has 0 aliphatic rings. The minimum Gasteiger partial charge on any atom is -0.434 e. The number of benzene rings is 1. The van der Waals surface area contributed by atoms with Gasteiger partial charge >= 0.3 is 13.0 Å². The zero-order valence-electron chi connectivity index (χ0n) is 8.22. The molecule has 0 bridgehead atoms. The Balaban J connectivity index is 3.17. The second-order valence-corrected chi connectivity index (χ2v) is 3.00. The molecule has 1 aromatic carbocycles. The lowest BCUT2D eigenvalue weighted by Gasteiger charge is -2.12. The van der Waals surface area contributed by atoms with Crippen molar-refractivity contribution in [3.63, 3.8) is 0 Å². The highest BCUT2D eigenvalue weighted by Gasteiger charge is 2.24. The number of alkyl halides is 4. The van der Waals surface area contributed by atoms with Crippen LogP contribution in [0.3, 0.4) is 0 Å². The van der Waals surface area contributed by atoms with E-state index in [1.165, 1.54) is 19.1 Å². The van der Waals surface area contributed by atoms with E-state index in [9.17, 15) is 22.4 Å². The molecule has 0 atom stereocenters. The molecule has 0 spiro atoms. The van der Waals surface area contributed by atoms with Crippen LogP contribution in [0.4, 0.5) is 17.6 Å². The average Bonchev–Trinajstić information content (AvgIpc) is 2.19. The largest absolute Gasteiger partial charge is 0.434 e. The van der Waals surface area contributed by atoms with E-state index < -0.39 is 30.1 Å². The lowest BCUT2D eigenvalue weighted by atomic mass is 10.1. The molecule has 0 saturated carbocycles. The fraction of sp³-hybridized carbons (Fsp3) is 0.300. The first-order valence-corrected chi connectivity index (χ1v) is 4.30. The van der Waals surface area contributed by atoms with Crippen LogP contribution in [0.2, 0.25) is 0 Å². The van der Waals surface area contributed by atoms with Crippen molar-refractivity contribution in [1.29, 1.82) is 0 Å². The summed E-state index contributed by atoms with van der Waals surface area (Å²) >= 11 is 0. The molecule has 0 aliphatic carbocycles. The van der Waals surface area contributed by atoms with Crippen LogP contribution in [0.25, 0.3) is 0 Å². The average molecular weight is 236 g/mol. The van der Waals surface area contributed by atoms with Gasteiger partial charge < -0.3 is 4.74 Å². The summed E-state index contributed by atoms with van der Waals surface area (Å²) in [6.45, 7) is -1.77. The van der Waals surface area contributed by atoms with Crippen molar-refractivity contribution in [2.45, 2.75) is 20.0 Å². The Labute approximate surface area is 88.8 Å². The molecule has 0 heterocycles. The highest BCUT2D eigenvalue weighted by Crippen LogP contribution is 2.27. The Morgan fingerprint density at radius 1 is 1.25 bits per heavy atom. The van der Waals surface area contributed by atoms with Crippen LogP contribution < -0.4 is 4.74 Å². The summed E-state index contributed by atoms with van der Waals surface area (Å²) in [6.07, 6.45) is -3.25. The SMILES string of the molecule is Cc1cccc(C(=O)C(F)F)c1OC(F)F. The van der Waals surface area contributed by atoms with Crippen LogP contribution in [0, 0.1) is 6.92 Å². The van der Waals surface area contributed by atoms with Gasteiger partial charge in [-0.1, -0.05) is 12.1 Å². The number of carbonyl (C=O) groups is 1. The van der Waals surface area contributed by atoms with Crippen molar-refractivity contribution in [3.05, 3.63) is 29.3 Å². The highest BCUT2D eigenvalue weighted by molar-refractivity contribution is 6.01. The van der Waals surface area contributed by atoms with Gasteiger partial charge in [0.1, 0.15) is 5.75 Å². The fourth-order valence-corrected chi connectivity index (χ4v) is 1.21. The molecule has 0 radical (unpaired) electrons. The third-order valence-electron chi connectivity index (χ3n) is 1.88. The molecular formula is C10H8F4O2. The number of hydrogen-bond donors (Lipinski definition) is 0. The van der Waals surface area contributed by atoms with Crippen molar-refractivity contribution in [2.75, 3.05) is 0 Å². The molecule has 1 aromatic rings. The molecule has 0 unspecified atom stereocenters. The summed E-state index contributed by atoms with van der Waals surface area (Å²) in [5, 5.41) is 0. The molecule has 88 valence electrons. The first kappa shape index (κ1) is 12.5. The third kappa shape index (κ3) is 2.71. The quantitative estimate of drug-likeness (QED) is 0.593. The van der Waals surface area contributed by atoms with E-state index in [1.54, 1.807) is 0 Å². The molecule has 6 heteroatoms. The molecule has 16 heavy (non-hydrogen) atoms. The van der Waals surface area contributed by atoms with Gasteiger partial charge in [0, 0.05) is 0 Å². The molecule has 0 amide bonds. The van der Waals surface area contributed by atoms with Gasteiger partial charge in [-0.25, -0.2) is 8.78 Å². The molecular weight excluding hydrogens is 228 g/mol. The topological polar surface area (TPSA) is 26.3 Å². The van der Waals surface area contributed by atoms with Gasteiger partial charge in [0.25, 0.3) is 0 Å². The molecule has 0 fully saturated rings. The summed E-state index contributed by atoms with van der Waals surface area (Å²) < 4.78 is 52.4. The lowest BCUT2D eigenvalue weighted by Crippen LogP contribution is -2.14. The van der Waals surface area contributed by atoms with E-state index in [1.807, 2.05) is 0 Å². The maximum atomic E-state index is 12.2. The fourth-order valence-electron chi connectivity index (χ4n) is 1.21. The molecule has 0 aromatic heterocycles. The Kier molecular flexibility index (Phi) is 3.87. The standard InChI is InChI=1S/C10H8F4O2/c1-5-3-2-4-6(7(15)9(11)12)8(5)16-10(13)14/h2-4,9-10H,1H3. The van der Waals surface area contributed by atoms with Crippen molar-refractivity contribution in [1.82, 2.24) is 0 Å². The van der Waals surface area contributed by atoms with Crippen molar-refractivity contribution < 1.29 is 27.1 Å². The highest BCUT2D eigenvalue weighted by atomic mass is 19.3. The van der Waals surface area contributed by atoms with E-state index in [0.717, 1.165) is 6.07 Å². The van der Waals surface area contributed by atoms with Crippen LogP contribution >= 0.6 is 0 Å². The lowest BCUT2D eigenvalue weighted by molar-refractivity contribution is -0.0507. The van der Waals surface area contributed by atoms with E-state index in [-0.39, 0.29) is 5.56 Å². The summed E-state index contributed by atoms with van der Waals surface area (Å²) in [6, 6.07) is 3.74. The summed E-state index contributed by atoms with van der Waals surface area (Å²) in [7, 11) is 0. The second kappa shape index (κ2) is 4.96. The number of hydrogen-bond acceptors (Lipinski definition) is 2. The maximum Gasteiger partial charge on any atom is 0.387 e. The van der Waals surface area contributed by atoms with Crippen LogP contribution in [-0.4, -0.2) is 18.8 Å². The predicted molar refractivity (Wildman–Crippen MR) is 48.1 cm³/mol. The normalized spacial score (nSPS) is 10.9. The zero-order valence-corrected chi connectivity index (χ0v) is 8.22. The van der Waals surface area contributed by atoms with Crippen LogP contribution in [0.1, 0.15) is 15.9 Å². The summed E-state index contributed by atoms with van der Waals surface area (Å²) in [5.74, 6) is -2.03. The Morgan fingerprint density at radius 2 is 1.88 bits per heavy atom. The number of ketones is 1. The van der Waals surface area contributed by atoms with Crippen molar-refractivity contribution >= 4 is 5.78 Å². The molecule has 0 N–H and O–H groups in total. The Hall–Kier alpha value is -1.59. The van der Waals surface area contributed by atoms with Gasteiger partial charge in [-0.2, -0.15) is 8.78 Å². The van der Waals surface area contributed by atoms with E-state index in [4.69, 9.17) is 0 Å². The van der Waals surface area contributed by atoms with Crippen molar-refractivity contribution in [3.8, 4) is 5.75 Å². The number of Topliss-reactive ketones (excluding diaryl/α,β-unsaturated/α-hetero) is 1. The smallest absolute Gasteiger partial charge is 0.387 e. The first-order valence-electron chi connectivity index (χ1n) is 4.30. The monoisotopic (exact) mass is 236 g/mol. The molecule has 0 aliphatic heterocycles. The maximum absolute atomic E-state index is 12.2. The van der Waals surface area contributed by atoms with Gasteiger partial charge in [0.05, 0.1) is 5.56 Å². The Bertz CT molecular complexity index is 390. The van der Waals surface area contributed by atoms with Gasteiger partial charge in [-0.05, 0) is 18.6 Å². The second-order valence-electron chi connectivity index (χ2n) is 3.00. The predicted octanol–water partition coefficient (Wildman–Crippen LogP) is 3.04. The summed E-state index contributed by atoms with van der Waals surface area (Å²) in [5.41, 5.74) is -0.331. The Morgan fingerprint density at radius 3 is 2.38 bits per heavy atom. The van der Waals surface area contributed by atoms with E-state index in [2.05, 4.69) is 4.74 Å². The minimum absolute atomic E-state index is 0.201. The van der Waals surface area contributed by atoms with Gasteiger partial charge in [0.15, 0.2) is 0 Å². The van der Waals surface area contributed by atoms with E-state index >= 15 is 0 Å². The molecule has 0 saturated heterocycles. The van der Waals surface area contributed by atoms with Gasteiger partial charge in [-0.15, -0.1) is 0 Å². The number of carbonyl (C=O) groups excluding carboxylic acids is 1. The van der Waals surface area contributed by atoms with Crippen LogP contribution in [0.15, 0.2) is 18.2 Å². The number of rotatable bonds is 4. The number of para-hydroxylation sites is 1. The number of ether oxygens (including phenoxy) is 1. The van der Waals surface area contributed by atoms with Crippen molar-refractivity contribution in [2.24, 2.45) is 0 Å².